The summed E-state index contributed by atoms with van der Waals surface area (Å²) in [4.78, 5) is 8.51. The third-order valence-electron chi connectivity index (χ3n) is 2.61. The number of rotatable bonds is 1. The number of hydrogen-bond donors (Lipinski definition) is 0. The van der Waals surface area contributed by atoms with Gasteiger partial charge in [-0.25, -0.2) is 9.97 Å². The Morgan fingerprint density at radius 3 is 2.07 bits per heavy atom. The molecule has 2 rings (SSSR count). The first kappa shape index (κ1) is 10.9. The van der Waals surface area contributed by atoms with E-state index in [1.54, 1.807) is 0 Å². The third-order valence-corrected chi connectivity index (χ3v) is 4.82. The highest BCUT2D eigenvalue weighted by Gasteiger charge is 2.48. The van der Waals surface area contributed by atoms with Crippen LogP contribution in [0.25, 0.3) is 0 Å². The molecular formula is C9H9Cl2IN2. The van der Waals surface area contributed by atoms with Crippen LogP contribution >= 0.6 is 45.8 Å². The van der Waals surface area contributed by atoms with Crippen molar-refractivity contribution in [3.63, 3.8) is 0 Å². The van der Waals surface area contributed by atoms with E-state index in [0.29, 0.717) is 21.6 Å². The summed E-state index contributed by atoms with van der Waals surface area (Å²) >= 11 is 13.9. The summed E-state index contributed by atoms with van der Waals surface area (Å²) in [6, 6.07) is 0. The van der Waals surface area contributed by atoms with Crippen LogP contribution in [-0.2, 0) is 0 Å². The second kappa shape index (κ2) is 3.46. The molecule has 0 radical (unpaired) electrons. The zero-order valence-electron chi connectivity index (χ0n) is 7.81. The molecule has 2 nitrogen and oxygen atoms in total. The van der Waals surface area contributed by atoms with Crippen molar-refractivity contribution >= 4 is 45.8 Å². The molecule has 0 saturated heterocycles. The van der Waals surface area contributed by atoms with Crippen molar-refractivity contribution < 1.29 is 0 Å². The van der Waals surface area contributed by atoms with Crippen molar-refractivity contribution in [1.82, 2.24) is 9.97 Å². The molecule has 1 fully saturated rings. The molecule has 1 aliphatic rings. The van der Waals surface area contributed by atoms with Crippen LogP contribution in [0.1, 0.15) is 32.0 Å². The van der Waals surface area contributed by atoms with Crippen LogP contribution in [-0.4, -0.2) is 9.97 Å². The Hall–Kier alpha value is 0.390. The lowest BCUT2D eigenvalue weighted by atomic mass is 10.1. The average molecular weight is 343 g/mol. The molecule has 0 bridgehead atoms. The van der Waals surface area contributed by atoms with E-state index in [4.69, 9.17) is 23.2 Å². The topological polar surface area (TPSA) is 25.8 Å². The van der Waals surface area contributed by atoms with Gasteiger partial charge in [-0.2, -0.15) is 0 Å². The number of aromatic nitrogens is 2. The van der Waals surface area contributed by atoms with E-state index < -0.39 is 0 Å². The van der Waals surface area contributed by atoms with E-state index >= 15 is 0 Å². The van der Waals surface area contributed by atoms with Crippen molar-refractivity contribution in [2.75, 3.05) is 0 Å². The van der Waals surface area contributed by atoms with Crippen molar-refractivity contribution in [2.45, 2.75) is 26.2 Å². The summed E-state index contributed by atoms with van der Waals surface area (Å²) in [6.45, 7) is 4.39. The van der Waals surface area contributed by atoms with E-state index in [1.807, 2.05) is 22.6 Å². The Morgan fingerprint density at radius 2 is 1.71 bits per heavy atom. The van der Waals surface area contributed by atoms with Gasteiger partial charge in [0.1, 0.15) is 16.1 Å². The molecule has 0 amide bonds. The summed E-state index contributed by atoms with van der Waals surface area (Å²) in [7, 11) is 0. The normalized spacial score (nSPS) is 23.6. The Labute approximate surface area is 107 Å². The minimum Gasteiger partial charge on any atom is -0.220 e. The van der Waals surface area contributed by atoms with Gasteiger partial charge in [0.15, 0.2) is 0 Å². The molecular weight excluding hydrogens is 334 g/mol. The zero-order chi connectivity index (χ0) is 10.5. The molecule has 1 aliphatic carbocycles. The Balaban J connectivity index is 2.38. The largest absolute Gasteiger partial charge is 0.220 e. The highest BCUT2D eigenvalue weighted by molar-refractivity contribution is 14.1. The molecule has 1 aromatic rings. The maximum atomic E-state index is 5.94. The second-order valence-corrected chi connectivity index (χ2v) is 6.02. The Morgan fingerprint density at radius 1 is 1.29 bits per heavy atom. The van der Waals surface area contributed by atoms with Crippen LogP contribution in [0.3, 0.4) is 0 Å². The van der Waals surface area contributed by atoms with Crippen molar-refractivity contribution in [1.29, 1.82) is 0 Å². The smallest absolute Gasteiger partial charge is 0.147 e. The zero-order valence-corrected chi connectivity index (χ0v) is 11.5. The summed E-state index contributed by atoms with van der Waals surface area (Å²) in [5.74, 6) is 1.19. The summed E-state index contributed by atoms with van der Waals surface area (Å²) < 4.78 is 0.730. The van der Waals surface area contributed by atoms with Crippen LogP contribution < -0.4 is 0 Å². The molecule has 5 heteroatoms. The van der Waals surface area contributed by atoms with Gasteiger partial charge < -0.3 is 0 Å². The summed E-state index contributed by atoms with van der Waals surface area (Å²) in [6.07, 6.45) is 1.11. The van der Waals surface area contributed by atoms with E-state index in [0.717, 1.165) is 15.8 Å². The van der Waals surface area contributed by atoms with Gasteiger partial charge in [0.25, 0.3) is 0 Å². The first-order chi connectivity index (χ1) is 6.42. The van der Waals surface area contributed by atoms with Crippen LogP contribution in [0.5, 0.6) is 0 Å². The van der Waals surface area contributed by atoms with E-state index in [-0.39, 0.29) is 0 Å². The third kappa shape index (κ3) is 1.86. The summed E-state index contributed by atoms with van der Waals surface area (Å²) in [5.41, 5.74) is 0.305. The molecule has 0 N–H and O–H groups in total. The van der Waals surface area contributed by atoms with Gasteiger partial charge in [-0.05, 0) is 34.4 Å². The molecule has 1 unspecified atom stereocenters. The number of hydrogen-bond acceptors (Lipinski definition) is 2. The van der Waals surface area contributed by atoms with Crippen molar-refractivity contribution in [3.05, 3.63) is 19.7 Å². The molecule has 1 heterocycles. The van der Waals surface area contributed by atoms with Crippen molar-refractivity contribution in [3.8, 4) is 0 Å². The molecule has 0 aliphatic heterocycles. The standard InChI is InChI=1S/C9H9Cl2IN2/c1-9(2)3-4(9)8-13-6(10)5(12)7(11)14-8/h4H,3H2,1-2H3. The van der Waals surface area contributed by atoms with Gasteiger partial charge in [0, 0.05) is 5.92 Å². The predicted octanol–water partition coefficient (Wildman–Crippen LogP) is 3.90. The SMILES string of the molecule is CC1(C)CC1c1nc(Cl)c(I)c(Cl)n1. The van der Waals surface area contributed by atoms with Gasteiger partial charge in [0.2, 0.25) is 0 Å². The van der Waals surface area contributed by atoms with Crippen molar-refractivity contribution in [2.24, 2.45) is 5.41 Å². The monoisotopic (exact) mass is 342 g/mol. The minimum absolute atomic E-state index is 0.305. The van der Waals surface area contributed by atoms with Gasteiger partial charge in [-0.15, -0.1) is 0 Å². The maximum absolute atomic E-state index is 5.94. The molecule has 0 aromatic carbocycles. The maximum Gasteiger partial charge on any atom is 0.147 e. The Bertz CT molecular complexity index is 369. The molecule has 1 saturated carbocycles. The lowest BCUT2D eigenvalue weighted by Gasteiger charge is -2.04. The fraction of sp³-hybridized carbons (Fsp3) is 0.556. The van der Waals surface area contributed by atoms with Crippen LogP contribution in [0, 0.1) is 8.99 Å². The predicted molar refractivity (Wildman–Crippen MR) is 65.9 cm³/mol. The lowest BCUT2D eigenvalue weighted by molar-refractivity contribution is 0.608. The fourth-order valence-electron chi connectivity index (χ4n) is 1.47. The van der Waals surface area contributed by atoms with Gasteiger partial charge in [-0.1, -0.05) is 37.0 Å². The van der Waals surface area contributed by atoms with E-state index in [1.165, 1.54) is 0 Å². The fourth-order valence-corrected chi connectivity index (χ4v) is 2.11. The highest BCUT2D eigenvalue weighted by atomic mass is 127. The number of halogens is 3. The molecule has 14 heavy (non-hydrogen) atoms. The van der Waals surface area contributed by atoms with E-state index in [2.05, 4.69) is 23.8 Å². The van der Waals surface area contributed by atoms with Crippen LogP contribution in [0.15, 0.2) is 0 Å². The van der Waals surface area contributed by atoms with E-state index in [9.17, 15) is 0 Å². The first-order valence-electron chi connectivity index (χ1n) is 4.30. The Kier molecular flexibility index (Phi) is 2.69. The second-order valence-electron chi connectivity index (χ2n) is 4.22. The van der Waals surface area contributed by atoms with Crippen LogP contribution in [0.4, 0.5) is 0 Å². The van der Waals surface area contributed by atoms with Crippen LogP contribution in [0.2, 0.25) is 10.3 Å². The lowest BCUT2D eigenvalue weighted by Crippen LogP contribution is -1.99. The minimum atomic E-state index is 0.305. The summed E-state index contributed by atoms with van der Waals surface area (Å²) in [5, 5.41) is 0.923. The van der Waals surface area contributed by atoms with Gasteiger partial charge in [-0.3, -0.25) is 0 Å². The first-order valence-corrected chi connectivity index (χ1v) is 6.14. The quantitative estimate of drug-likeness (QED) is 0.571. The molecule has 1 aromatic heterocycles. The molecule has 76 valence electrons. The van der Waals surface area contributed by atoms with Gasteiger partial charge in [0.05, 0.1) is 3.57 Å². The van der Waals surface area contributed by atoms with Gasteiger partial charge >= 0.3 is 0 Å². The average Bonchev–Trinajstić information content (AvgIpc) is 2.70. The molecule has 0 spiro atoms. The molecule has 1 atom stereocenters. The highest BCUT2D eigenvalue weighted by Crippen LogP contribution is 2.57. The number of nitrogens with zero attached hydrogens (tertiary/aromatic N) is 2.